The van der Waals surface area contributed by atoms with Crippen molar-refractivity contribution in [2.75, 3.05) is 14.2 Å². The summed E-state index contributed by atoms with van der Waals surface area (Å²) in [6.45, 7) is -1.03. The molecule has 1 N–H and O–H groups in total. The van der Waals surface area contributed by atoms with E-state index < -0.39 is 18.6 Å². The number of hydrogen-bond donors (Lipinski definition) is 1. The maximum absolute atomic E-state index is 12.5. The predicted octanol–water partition coefficient (Wildman–Crippen LogP) is 3.47. The molecule has 0 aromatic heterocycles. The number of likely N-dealkylation sites (N-methyl/N-ethyl adjacent to an activating group) is 1. The van der Waals surface area contributed by atoms with E-state index in [-0.39, 0.29) is 18.2 Å². The SMILES string of the molecule is COc1ccc(/C=C/C(=O)NC(C)C(=O)N(C)Cc2ccc(OC(F)F)cc2)cc1. The molecule has 0 aliphatic heterocycles. The standard InChI is InChI=1S/C22H24F2N2O4/c1-15(25-20(27)13-8-16-4-9-18(29-3)10-5-16)21(28)26(2)14-17-6-11-19(12-7-17)30-22(23)24/h4-13,15,22H,14H2,1-3H3,(H,25,27)/b13-8+. The third kappa shape index (κ3) is 7.20. The number of nitrogens with zero attached hydrogens (tertiary/aromatic N) is 1. The van der Waals surface area contributed by atoms with Gasteiger partial charge in [-0.3, -0.25) is 9.59 Å². The van der Waals surface area contributed by atoms with E-state index >= 15 is 0 Å². The summed E-state index contributed by atoms with van der Waals surface area (Å²) in [5.41, 5.74) is 1.56. The monoisotopic (exact) mass is 418 g/mol. The van der Waals surface area contributed by atoms with Gasteiger partial charge in [-0.1, -0.05) is 24.3 Å². The molecule has 0 saturated heterocycles. The lowest BCUT2D eigenvalue weighted by Gasteiger charge is -2.22. The van der Waals surface area contributed by atoms with E-state index in [0.29, 0.717) is 0 Å². The zero-order chi connectivity index (χ0) is 22.1. The fraction of sp³-hybridized carbons (Fsp3) is 0.273. The van der Waals surface area contributed by atoms with E-state index in [1.807, 2.05) is 12.1 Å². The Bertz CT molecular complexity index is 868. The van der Waals surface area contributed by atoms with Gasteiger partial charge in [-0.25, -0.2) is 0 Å². The Morgan fingerprint density at radius 3 is 2.23 bits per heavy atom. The van der Waals surface area contributed by atoms with Crippen LogP contribution in [0.15, 0.2) is 54.6 Å². The number of carbonyl (C=O) groups excluding carboxylic acids is 2. The van der Waals surface area contributed by atoms with Crippen LogP contribution >= 0.6 is 0 Å². The topological polar surface area (TPSA) is 67.9 Å². The largest absolute Gasteiger partial charge is 0.497 e. The molecule has 2 aromatic carbocycles. The van der Waals surface area contributed by atoms with Gasteiger partial charge in [-0.05, 0) is 48.4 Å². The number of benzene rings is 2. The average Bonchev–Trinajstić information content (AvgIpc) is 2.73. The van der Waals surface area contributed by atoms with Crippen molar-refractivity contribution in [3.05, 3.63) is 65.7 Å². The quantitative estimate of drug-likeness (QED) is 0.634. The summed E-state index contributed by atoms with van der Waals surface area (Å²) in [7, 11) is 3.17. The number of amides is 2. The molecular formula is C22H24F2N2O4. The van der Waals surface area contributed by atoms with Gasteiger partial charge in [-0.15, -0.1) is 0 Å². The van der Waals surface area contributed by atoms with Crippen molar-refractivity contribution >= 4 is 17.9 Å². The molecule has 2 amide bonds. The molecule has 0 heterocycles. The van der Waals surface area contributed by atoms with Gasteiger partial charge in [-0.2, -0.15) is 8.78 Å². The number of ether oxygens (including phenoxy) is 2. The number of halogens is 2. The molecule has 0 bridgehead atoms. The molecule has 30 heavy (non-hydrogen) atoms. The van der Waals surface area contributed by atoms with E-state index in [2.05, 4.69) is 10.1 Å². The van der Waals surface area contributed by atoms with Gasteiger partial charge in [0.1, 0.15) is 17.5 Å². The van der Waals surface area contributed by atoms with Gasteiger partial charge < -0.3 is 19.7 Å². The molecule has 2 rings (SSSR count). The van der Waals surface area contributed by atoms with Crippen LogP contribution in [0.1, 0.15) is 18.1 Å². The first-order chi connectivity index (χ1) is 14.3. The maximum Gasteiger partial charge on any atom is 0.387 e. The Kier molecular flexibility index (Phi) is 8.34. The van der Waals surface area contributed by atoms with Crippen LogP contribution in [0.5, 0.6) is 11.5 Å². The minimum atomic E-state index is -2.89. The van der Waals surface area contributed by atoms with Gasteiger partial charge in [0.15, 0.2) is 0 Å². The van der Waals surface area contributed by atoms with Gasteiger partial charge in [0.2, 0.25) is 11.8 Å². The first-order valence-electron chi connectivity index (χ1n) is 9.20. The third-order valence-corrected chi connectivity index (χ3v) is 4.22. The number of nitrogens with one attached hydrogen (secondary N) is 1. The van der Waals surface area contributed by atoms with E-state index in [4.69, 9.17) is 4.74 Å². The van der Waals surface area contributed by atoms with Crippen LogP contribution in [0, 0.1) is 0 Å². The summed E-state index contributed by atoms with van der Waals surface area (Å²) in [5.74, 6) is 0.0877. The van der Waals surface area contributed by atoms with E-state index in [0.717, 1.165) is 16.9 Å². The molecule has 2 aromatic rings. The zero-order valence-corrected chi connectivity index (χ0v) is 17.0. The van der Waals surface area contributed by atoms with Crippen molar-refractivity contribution in [3.63, 3.8) is 0 Å². The summed E-state index contributed by atoms with van der Waals surface area (Å²) in [5, 5.41) is 2.62. The van der Waals surface area contributed by atoms with Crippen molar-refractivity contribution < 1.29 is 27.8 Å². The minimum Gasteiger partial charge on any atom is -0.497 e. The molecule has 0 spiro atoms. The molecule has 160 valence electrons. The molecule has 1 unspecified atom stereocenters. The summed E-state index contributed by atoms with van der Waals surface area (Å²) in [6, 6.07) is 12.5. The Morgan fingerprint density at radius 2 is 1.67 bits per heavy atom. The van der Waals surface area contributed by atoms with Crippen LogP contribution in [0.4, 0.5) is 8.78 Å². The molecule has 0 aliphatic rings. The molecule has 0 saturated carbocycles. The van der Waals surface area contributed by atoms with E-state index in [9.17, 15) is 18.4 Å². The molecule has 0 radical (unpaired) electrons. The van der Waals surface area contributed by atoms with Crippen LogP contribution in [-0.4, -0.2) is 43.5 Å². The van der Waals surface area contributed by atoms with Crippen LogP contribution < -0.4 is 14.8 Å². The molecule has 6 nitrogen and oxygen atoms in total. The number of rotatable bonds is 9. The second-order valence-corrected chi connectivity index (χ2v) is 6.55. The van der Waals surface area contributed by atoms with Crippen LogP contribution in [-0.2, 0) is 16.1 Å². The van der Waals surface area contributed by atoms with E-state index in [1.165, 1.54) is 23.1 Å². The van der Waals surface area contributed by atoms with Crippen LogP contribution in [0.3, 0.4) is 0 Å². The Balaban J connectivity index is 1.86. The Hall–Kier alpha value is -3.42. The number of hydrogen-bond acceptors (Lipinski definition) is 4. The van der Waals surface area contributed by atoms with E-state index in [1.54, 1.807) is 51.4 Å². The first-order valence-corrected chi connectivity index (χ1v) is 9.20. The molecule has 0 aliphatic carbocycles. The lowest BCUT2D eigenvalue weighted by atomic mass is 10.2. The third-order valence-electron chi connectivity index (χ3n) is 4.22. The Morgan fingerprint density at radius 1 is 1.07 bits per heavy atom. The van der Waals surface area contributed by atoms with Gasteiger partial charge in [0, 0.05) is 19.7 Å². The molecular weight excluding hydrogens is 394 g/mol. The van der Waals surface area contributed by atoms with Crippen molar-refractivity contribution in [1.29, 1.82) is 0 Å². The van der Waals surface area contributed by atoms with Crippen molar-refractivity contribution in [2.45, 2.75) is 26.1 Å². The lowest BCUT2D eigenvalue weighted by molar-refractivity contribution is -0.134. The molecule has 1 atom stereocenters. The number of methoxy groups -OCH3 is 1. The van der Waals surface area contributed by atoms with Crippen LogP contribution in [0.2, 0.25) is 0 Å². The highest BCUT2D eigenvalue weighted by Gasteiger charge is 2.19. The fourth-order valence-electron chi connectivity index (χ4n) is 2.67. The fourth-order valence-corrected chi connectivity index (χ4v) is 2.67. The molecule has 0 fully saturated rings. The van der Waals surface area contributed by atoms with Gasteiger partial charge >= 0.3 is 6.61 Å². The summed E-state index contributed by atoms with van der Waals surface area (Å²) >= 11 is 0. The normalized spacial score (nSPS) is 11.9. The summed E-state index contributed by atoms with van der Waals surface area (Å²) in [4.78, 5) is 26.0. The average molecular weight is 418 g/mol. The Labute approximate surface area is 174 Å². The number of alkyl halides is 2. The highest BCUT2D eigenvalue weighted by molar-refractivity contribution is 5.95. The highest BCUT2D eigenvalue weighted by Crippen LogP contribution is 2.16. The first kappa shape index (κ1) is 22.9. The zero-order valence-electron chi connectivity index (χ0n) is 17.0. The summed E-state index contributed by atoms with van der Waals surface area (Å²) < 4.78 is 33.8. The summed E-state index contributed by atoms with van der Waals surface area (Å²) in [6.07, 6.45) is 2.99. The molecule has 8 heteroatoms. The second-order valence-electron chi connectivity index (χ2n) is 6.55. The van der Waals surface area contributed by atoms with Crippen LogP contribution in [0.25, 0.3) is 6.08 Å². The maximum atomic E-state index is 12.5. The smallest absolute Gasteiger partial charge is 0.387 e. The van der Waals surface area contributed by atoms with Crippen molar-refractivity contribution in [3.8, 4) is 11.5 Å². The van der Waals surface area contributed by atoms with Gasteiger partial charge in [0.25, 0.3) is 0 Å². The van der Waals surface area contributed by atoms with Gasteiger partial charge in [0.05, 0.1) is 7.11 Å². The lowest BCUT2D eigenvalue weighted by Crippen LogP contribution is -2.44. The van der Waals surface area contributed by atoms with Crippen molar-refractivity contribution in [2.24, 2.45) is 0 Å². The second kappa shape index (κ2) is 10.9. The minimum absolute atomic E-state index is 0.0482. The predicted molar refractivity (Wildman–Crippen MR) is 109 cm³/mol. The highest BCUT2D eigenvalue weighted by atomic mass is 19.3. The van der Waals surface area contributed by atoms with Crippen molar-refractivity contribution in [1.82, 2.24) is 10.2 Å². The number of carbonyl (C=O) groups is 2.